The molecule has 1 aliphatic rings. The van der Waals surface area contributed by atoms with E-state index >= 15 is 0 Å². The lowest BCUT2D eigenvalue weighted by atomic mass is 10.1. The van der Waals surface area contributed by atoms with Crippen LogP contribution in [0.2, 0.25) is 0 Å². The molecule has 1 aliphatic heterocycles. The van der Waals surface area contributed by atoms with E-state index in [1.54, 1.807) is 11.3 Å². The number of hydrogen-bond donors (Lipinski definition) is 1. The molecule has 1 aromatic heterocycles. The summed E-state index contributed by atoms with van der Waals surface area (Å²) in [6, 6.07) is 0.678. The number of rotatable bonds is 3. The second-order valence-electron chi connectivity index (χ2n) is 3.63. The van der Waals surface area contributed by atoms with E-state index in [4.69, 9.17) is 0 Å². The zero-order chi connectivity index (χ0) is 9.80. The summed E-state index contributed by atoms with van der Waals surface area (Å²) in [6.45, 7) is 3.26. The minimum absolute atomic E-state index is 0.678. The largest absolute Gasteiger partial charge is 0.307 e. The highest BCUT2D eigenvalue weighted by atomic mass is 32.2. The lowest BCUT2D eigenvalue weighted by molar-refractivity contribution is 0.461. The van der Waals surface area contributed by atoms with Crippen LogP contribution in [0.3, 0.4) is 0 Å². The van der Waals surface area contributed by atoms with Crippen molar-refractivity contribution in [2.75, 3.05) is 5.75 Å². The van der Waals surface area contributed by atoms with Crippen molar-refractivity contribution >= 4 is 23.1 Å². The average Bonchev–Trinajstić information content (AvgIpc) is 2.69. The van der Waals surface area contributed by atoms with Gasteiger partial charge in [-0.2, -0.15) is 11.8 Å². The molecule has 78 valence electrons. The number of hydrogen-bond acceptors (Lipinski definition) is 4. The minimum atomic E-state index is 0.678. The molecule has 2 rings (SSSR count). The molecule has 4 heteroatoms. The zero-order valence-electron chi connectivity index (χ0n) is 8.40. The topological polar surface area (TPSA) is 24.9 Å². The summed E-state index contributed by atoms with van der Waals surface area (Å²) in [5.41, 5.74) is 0. The van der Waals surface area contributed by atoms with Crippen molar-refractivity contribution in [3.63, 3.8) is 0 Å². The SMILES string of the molecule is CC1SCCCC1NCc1nccs1. The molecule has 0 spiro atoms. The Hall–Kier alpha value is -0.0600. The second kappa shape index (κ2) is 5.14. The molecule has 2 heterocycles. The van der Waals surface area contributed by atoms with E-state index in [1.165, 1.54) is 23.6 Å². The maximum atomic E-state index is 4.27. The van der Waals surface area contributed by atoms with E-state index in [0.29, 0.717) is 6.04 Å². The van der Waals surface area contributed by atoms with E-state index in [1.807, 2.05) is 11.6 Å². The maximum absolute atomic E-state index is 4.27. The Balaban J connectivity index is 1.79. The van der Waals surface area contributed by atoms with Gasteiger partial charge in [-0.1, -0.05) is 6.92 Å². The molecule has 1 N–H and O–H groups in total. The van der Waals surface area contributed by atoms with Crippen molar-refractivity contribution in [2.45, 2.75) is 37.6 Å². The molecule has 1 saturated heterocycles. The first-order chi connectivity index (χ1) is 6.86. The van der Waals surface area contributed by atoms with Gasteiger partial charge in [-0.3, -0.25) is 0 Å². The summed E-state index contributed by atoms with van der Waals surface area (Å²) < 4.78 is 0. The van der Waals surface area contributed by atoms with Crippen LogP contribution in [0, 0.1) is 0 Å². The zero-order valence-corrected chi connectivity index (χ0v) is 10.0. The van der Waals surface area contributed by atoms with Gasteiger partial charge in [-0.15, -0.1) is 11.3 Å². The quantitative estimate of drug-likeness (QED) is 0.860. The van der Waals surface area contributed by atoms with Crippen molar-refractivity contribution in [1.29, 1.82) is 0 Å². The summed E-state index contributed by atoms with van der Waals surface area (Å²) in [6.07, 6.45) is 4.55. The molecule has 0 amide bonds. The van der Waals surface area contributed by atoms with Crippen LogP contribution in [-0.2, 0) is 6.54 Å². The van der Waals surface area contributed by atoms with Crippen molar-refractivity contribution in [3.05, 3.63) is 16.6 Å². The van der Waals surface area contributed by atoms with Gasteiger partial charge in [0.05, 0.1) is 0 Å². The highest BCUT2D eigenvalue weighted by Crippen LogP contribution is 2.25. The standard InChI is InChI=1S/C10H16N2S2/c1-8-9(3-2-5-13-8)12-7-10-11-4-6-14-10/h4,6,8-9,12H,2-3,5,7H2,1H3. The van der Waals surface area contributed by atoms with Gasteiger partial charge < -0.3 is 5.32 Å². The van der Waals surface area contributed by atoms with Crippen molar-refractivity contribution in [2.24, 2.45) is 0 Å². The molecule has 0 aliphatic carbocycles. The molecule has 2 unspecified atom stereocenters. The van der Waals surface area contributed by atoms with Crippen LogP contribution in [0.5, 0.6) is 0 Å². The molecular formula is C10H16N2S2. The smallest absolute Gasteiger partial charge is 0.106 e. The molecule has 0 bridgehead atoms. The Bertz CT molecular complexity index is 261. The third-order valence-corrected chi connectivity index (χ3v) is 4.76. The molecule has 14 heavy (non-hydrogen) atoms. The van der Waals surface area contributed by atoms with Gasteiger partial charge in [0.2, 0.25) is 0 Å². The summed E-state index contributed by atoms with van der Waals surface area (Å²) in [5, 5.41) is 7.59. The monoisotopic (exact) mass is 228 g/mol. The highest BCUT2D eigenvalue weighted by molar-refractivity contribution is 7.99. The fraction of sp³-hybridized carbons (Fsp3) is 0.700. The van der Waals surface area contributed by atoms with Crippen LogP contribution in [-0.4, -0.2) is 22.0 Å². The number of nitrogens with one attached hydrogen (secondary N) is 1. The summed E-state index contributed by atoms with van der Waals surface area (Å²) in [5.74, 6) is 1.33. The molecule has 1 aromatic rings. The number of nitrogens with zero attached hydrogens (tertiary/aromatic N) is 1. The molecule has 2 nitrogen and oxygen atoms in total. The maximum Gasteiger partial charge on any atom is 0.106 e. The van der Waals surface area contributed by atoms with E-state index in [0.717, 1.165) is 11.8 Å². The second-order valence-corrected chi connectivity index (χ2v) is 6.10. The Morgan fingerprint density at radius 2 is 2.57 bits per heavy atom. The first kappa shape index (κ1) is 10.5. The van der Waals surface area contributed by atoms with Gasteiger partial charge in [-0.25, -0.2) is 4.98 Å². The fourth-order valence-electron chi connectivity index (χ4n) is 1.75. The third kappa shape index (κ3) is 2.72. The van der Waals surface area contributed by atoms with Crippen molar-refractivity contribution in [3.8, 4) is 0 Å². The third-order valence-electron chi connectivity index (χ3n) is 2.61. The number of thiazole rings is 1. The minimum Gasteiger partial charge on any atom is -0.307 e. The van der Waals surface area contributed by atoms with Gasteiger partial charge in [0.15, 0.2) is 0 Å². The lowest BCUT2D eigenvalue weighted by Gasteiger charge is -2.28. The van der Waals surface area contributed by atoms with Crippen LogP contribution in [0.25, 0.3) is 0 Å². The molecular weight excluding hydrogens is 212 g/mol. The van der Waals surface area contributed by atoms with Crippen LogP contribution in [0.4, 0.5) is 0 Å². The van der Waals surface area contributed by atoms with Gasteiger partial charge in [-0.05, 0) is 18.6 Å². The Labute approximate surface area is 93.5 Å². The van der Waals surface area contributed by atoms with Crippen LogP contribution in [0.15, 0.2) is 11.6 Å². The first-order valence-electron chi connectivity index (χ1n) is 5.09. The molecule has 0 aromatic carbocycles. The van der Waals surface area contributed by atoms with E-state index < -0.39 is 0 Å². The molecule has 2 atom stereocenters. The van der Waals surface area contributed by atoms with Crippen LogP contribution >= 0.6 is 23.1 Å². The van der Waals surface area contributed by atoms with Crippen LogP contribution < -0.4 is 5.32 Å². The Morgan fingerprint density at radius 1 is 1.64 bits per heavy atom. The highest BCUT2D eigenvalue weighted by Gasteiger charge is 2.20. The summed E-state index contributed by atoms with van der Waals surface area (Å²) >= 11 is 3.82. The number of aromatic nitrogens is 1. The van der Waals surface area contributed by atoms with Crippen molar-refractivity contribution in [1.82, 2.24) is 10.3 Å². The predicted molar refractivity (Wildman–Crippen MR) is 63.9 cm³/mol. The Morgan fingerprint density at radius 3 is 3.29 bits per heavy atom. The van der Waals surface area contributed by atoms with E-state index in [9.17, 15) is 0 Å². The summed E-state index contributed by atoms with van der Waals surface area (Å²) in [4.78, 5) is 4.27. The average molecular weight is 228 g/mol. The van der Waals surface area contributed by atoms with Gasteiger partial charge in [0.1, 0.15) is 5.01 Å². The van der Waals surface area contributed by atoms with E-state index in [2.05, 4.69) is 29.0 Å². The molecule has 1 fully saturated rings. The molecule has 0 radical (unpaired) electrons. The first-order valence-corrected chi connectivity index (χ1v) is 7.02. The van der Waals surface area contributed by atoms with Crippen LogP contribution in [0.1, 0.15) is 24.8 Å². The van der Waals surface area contributed by atoms with Gasteiger partial charge >= 0.3 is 0 Å². The van der Waals surface area contributed by atoms with Gasteiger partial charge in [0.25, 0.3) is 0 Å². The number of thioether (sulfide) groups is 1. The Kier molecular flexibility index (Phi) is 3.84. The fourth-order valence-corrected chi connectivity index (χ4v) is 3.49. The van der Waals surface area contributed by atoms with Crippen molar-refractivity contribution < 1.29 is 0 Å². The summed E-state index contributed by atoms with van der Waals surface area (Å²) in [7, 11) is 0. The van der Waals surface area contributed by atoms with Gasteiger partial charge in [0, 0.05) is 29.4 Å². The lowest BCUT2D eigenvalue weighted by Crippen LogP contribution is -2.38. The molecule has 0 saturated carbocycles. The van der Waals surface area contributed by atoms with E-state index in [-0.39, 0.29) is 0 Å². The normalized spacial score (nSPS) is 27.8. The predicted octanol–water partition coefficient (Wildman–Crippen LogP) is 2.52.